The third-order valence-corrected chi connectivity index (χ3v) is 6.92. The predicted molar refractivity (Wildman–Crippen MR) is 124 cm³/mol. The number of piperidine rings is 1. The number of rotatable bonds is 5. The van der Waals surface area contributed by atoms with Crippen LogP contribution in [0.1, 0.15) is 35.2 Å². The van der Waals surface area contributed by atoms with E-state index in [0.717, 1.165) is 56.1 Å². The lowest BCUT2D eigenvalue weighted by Gasteiger charge is -2.40. The van der Waals surface area contributed by atoms with E-state index < -0.39 is 0 Å². The summed E-state index contributed by atoms with van der Waals surface area (Å²) in [5.41, 5.74) is 3.27. The normalized spacial score (nSPS) is 21.2. The van der Waals surface area contributed by atoms with Crippen LogP contribution in [-0.2, 0) is 6.54 Å². The minimum atomic E-state index is 0.143. The Balaban J connectivity index is 1.23. The molecule has 2 aliphatic heterocycles. The van der Waals surface area contributed by atoms with Crippen LogP contribution in [0.2, 0.25) is 0 Å². The van der Waals surface area contributed by atoms with E-state index in [9.17, 15) is 4.79 Å². The molecule has 2 saturated heterocycles. The van der Waals surface area contributed by atoms with Crippen molar-refractivity contribution in [3.8, 4) is 11.4 Å². The minimum Gasteiger partial charge on any atom is -0.497 e. The molecule has 5 rings (SSSR count). The van der Waals surface area contributed by atoms with Gasteiger partial charge in [-0.05, 0) is 67.8 Å². The molecule has 1 aromatic heterocycles. The van der Waals surface area contributed by atoms with Crippen molar-refractivity contribution < 1.29 is 9.53 Å². The summed E-state index contributed by atoms with van der Waals surface area (Å²) in [7, 11) is 1.71. The Morgan fingerprint density at radius 3 is 2.75 bits per heavy atom. The number of imidazole rings is 1. The molecule has 0 bridgehead atoms. The number of ether oxygens (including phenoxy) is 1. The van der Waals surface area contributed by atoms with Crippen molar-refractivity contribution in [3.63, 3.8) is 0 Å². The standard InChI is InChI=1S/C26H30N4O2/c1-32-24-5-2-4-21(16-24)17-28-13-3-10-26(18-28)11-14-29(19-26)25(31)22-6-8-23(9-7-22)30-15-12-27-20-30/h2,4-9,12,15-16,20H,3,10-11,13-14,17-19H2,1H3. The molecule has 6 nitrogen and oxygen atoms in total. The zero-order valence-corrected chi connectivity index (χ0v) is 18.6. The monoisotopic (exact) mass is 430 g/mol. The molecule has 0 N–H and O–H groups in total. The number of hydrogen-bond donors (Lipinski definition) is 0. The fourth-order valence-electron chi connectivity index (χ4n) is 5.29. The van der Waals surface area contributed by atoms with Gasteiger partial charge in [-0.15, -0.1) is 0 Å². The maximum Gasteiger partial charge on any atom is 0.253 e. The molecule has 2 aromatic carbocycles. The Morgan fingerprint density at radius 2 is 1.97 bits per heavy atom. The van der Waals surface area contributed by atoms with Gasteiger partial charge in [0, 0.05) is 55.2 Å². The maximum absolute atomic E-state index is 13.2. The van der Waals surface area contributed by atoms with Crippen LogP contribution in [0.15, 0.2) is 67.3 Å². The van der Waals surface area contributed by atoms with Gasteiger partial charge in [-0.1, -0.05) is 12.1 Å². The van der Waals surface area contributed by atoms with Gasteiger partial charge >= 0.3 is 0 Å². The molecule has 1 spiro atoms. The lowest BCUT2D eigenvalue weighted by atomic mass is 9.79. The van der Waals surface area contributed by atoms with Gasteiger partial charge in [-0.3, -0.25) is 9.69 Å². The van der Waals surface area contributed by atoms with Crippen LogP contribution < -0.4 is 4.74 Å². The molecule has 2 aliphatic rings. The first-order valence-electron chi connectivity index (χ1n) is 11.4. The fourth-order valence-corrected chi connectivity index (χ4v) is 5.29. The molecular weight excluding hydrogens is 400 g/mol. The second-order valence-electron chi connectivity index (χ2n) is 9.16. The van der Waals surface area contributed by atoms with Gasteiger partial charge in [0.1, 0.15) is 5.75 Å². The number of amides is 1. The van der Waals surface area contributed by atoms with Crippen molar-refractivity contribution in [2.24, 2.45) is 5.41 Å². The van der Waals surface area contributed by atoms with E-state index in [1.807, 2.05) is 41.1 Å². The fraction of sp³-hybridized carbons (Fsp3) is 0.385. The zero-order chi connectivity index (χ0) is 22.0. The summed E-state index contributed by atoms with van der Waals surface area (Å²) in [5.74, 6) is 1.05. The number of carbonyl (C=O) groups excluding carboxylic acids is 1. The molecule has 32 heavy (non-hydrogen) atoms. The third kappa shape index (κ3) is 4.28. The Labute approximate surface area is 189 Å². The molecule has 0 radical (unpaired) electrons. The maximum atomic E-state index is 13.2. The van der Waals surface area contributed by atoms with Crippen LogP contribution in [0.5, 0.6) is 5.75 Å². The van der Waals surface area contributed by atoms with Gasteiger partial charge in [-0.25, -0.2) is 4.98 Å². The molecule has 1 unspecified atom stereocenters. The quantitative estimate of drug-likeness (QED) is 0.614. The summed E-state index contributed by atoms with van der Waals surface area (Å²) in [6.07, 6.45) is 8.89. The first kappa shape index (κ1) is 20.8. The Hall–Kier alpha value is -3.12. The van der Waals surface area contributed by atoms with E-state index in [1.54, 1.807) is 19.6 Å². The molecule has 3 aromatic rings. The van der Waals surface area contributed by atoms with E-state index in [1.165, 1.54) is 18.4 Å². The van der Waals surface area contributed by atoms with E-state index in [2.05, 4.69) is 33.0 Å². The Bertz CT molecular complexity index is 1060. The van der Waals surface area contributed by atoms with E-state index in [4.69, 9.17) is 4.74 Å². The summed E-state index contributed by atoms with van der Waals surface area (Å²) in [5, 5.41) is 0. The van der Waals surface area contributed by atoms with E-state index in [0.29, 0.717) is 0 Å². The summed E-state index contributed by atoms with van der Waals surface area (Å²) in [6.45, 7) is 4.79. The number of methoxy groups -OCH3 is 1. The summed E-state index contributed by atoms with van der Waals surface area (Å²) >= 11 is 0. The van der Waals surface area contributed by atoms with Crippen molar-refractivity contribution in [2.45, 2.75) is 25.8 Å². The second-order valence-corrected chi connectivity index (χ2v) is 9.16. The molecule has 2 fully saturated rings. The third-order valence-electron chi connectivity index (χ3n) is 6.92. The SMILES string of the molecule is COc1cccc(CN2CCCC3(CCN(C(=O)c4ccc(-n5ccnc5)cc4)C3)C2)c1. The lowest BCUT2D eigenvalue weighted by molar-refractivity contribution is 0.0675. The van der Waals surface area contributed by atoms with Gasteiger partial charge in [-0.2, -0.15) is 0 Å². The average Bonchev–Trinajstić information content (AvgIpc) is 3.50. The van der Waals surface area contributed by atoms with Crippen LogP contribution in [0.4, 0.5) is 0 Å². The van der Waals surface area contributed by atoms with E-state index in [-0.39, 0.29) is 11.3 Å². The van der Waals surface area contributed by atoms with Crippen LogP contribution in [0.3, 0.4) is 0 Å². The van der Waals surface area contributed by atoms with Gasteiger partial charge in [0.15, 0.2) is 0 Å². The predicted octanol–water partition coefficient (Wildman–Crippen LogP) is 4.01. The van der Waals surface area contributed by atoms with Gasteiger partial charge in [0.25, 0.3) is 5.91 Å². The highest BCUT2D eigenvalue weighted by Gasteiger charge is 2.42. The summed E-state index contributed by atoms with van der Waals surface area (Å²) in [6, 6.07) is 16.2. The van der Waals surface area contributed by atoms with Gasteiger partial charge in [0.2, 0.25) is 0 Å². The zero-order valence-electron chi connectivity index (χ0n) is 18.6. The van der Waals surface area contributed by atoms with Crippen molar-refractivity contribution in [3.05, 3.63) is 78.4 Å². The van der Waals surface area contributed by atoms with Crippen molar-refractivity contribution in [1.82, 2.24) is 19.4 Å². The second kappa shape index (κ2) is 8.79. The van der Waals surface area contributed by atoms with Gasteiger partial charge < -0.3 is 14.2 Å². The highest BCUT2D eigenvalue weighted by Crippen LogP contribution is 2.40. The smallest absolute Gasteiger partial charge is 0.253 e. The van der Waals surface area contributed by atoms with Crippen LogP contribution in [0, 0.1) is 5.41 Å². The minimum absolute atomic E-state index is 0.143. The highest BCUT2D eigenvalue weighted by molar-refractivity contribution is 5.94. The molecule has 6 heteroatoms. The number of nitrogens with zero attached hydrogens (tertiary/aromatic N) is 4. The number of likely N-dealkylation sites (tertiary alicyclic amines) is 2. The molecule has 1 atom stereocenters. The summed E-state index contributed by atoms with van der Waals surface area (Å²) < 4.78 is 7.32. The van der Waals surface area contributed by atoms with Gasteiger partial charge in [0.05, 0.1) is 13.4 Å². The molecule has 166 valence electrons. The molecule has 0 aliphatic carbocycles. The Morgan fingerprint density at radius 1 is 1.09 bits per heavy atom. The Kier molecular flexibility index (Phi) is 5.70. The largest absolute Gasteiger partial charge is 0.497 e. The number of hydrogen-bond acceptors (Lipinski definition) is 4. The van der Waals surface area contributed by atoms with Crippen LogP contribution in [-0.4, -0.2) is 58.5 Å². The van der Waals surface area contributed by atoms with Crippen molar-refractivity contribution in [2.75, 3.05) is 33.3 Å². The number of carbonyl (C=O) groups is 1. The molecule has 3 heterocycles. The molecular formula is C26H30N4O2. The first-order chi connectivity index (χ1) is 15.6. The van der Waals surface area contributed by atoms with Crippen LogP contribution >= 0.6 is 0 Å². The number of benzene rings is 2. The first-order valence-corrected chi connectivity index (χ1v) is 11.4. The number of aromatic nitrogens is 2. The topological polar surface area (TPSA) is 50.6 Å². The van der Waals surface area contributed by atoms with Crippen molar-refractivity contribution in [1.29, 1.82) is 0 Å². The van der Waals surface area contributed by atoms with E-state index >= 15 is 0 Å². The average molecular weight is 431 g/mol. The molecule has 1 amide bonds. The lowest BCUT2D eigenvalue weighted by Crippen LogP contribution is -2.45. The molecule has 0 saturated carbocycles. The van der Waals surface area contributed by atoms with Crippen molar-refractivity contribution >= 4 is 5.91 Å². The highest BCUT2D eigenvalue weighted by atomic mass is 16.5. The summed E-state index contributed by atoms with van der Waals surface area (Å²) in [4.78, 5) is 21.9. The van der Waals surface area contributed by atoms with Crippen LogP contribution in [0.25, 0.3) is 5.69 Å².